The number of fused-ring (bicyclic) bond motifs is 2. The second-order valence-corrected chi connectivity index (χ2v) is 5.94. The molecule has 0 saturated heterocycles. The van der Waals surface area contributed by atoms with Crippen molar-refractivity contribution in [2.24, 2.45) is 12.0 Å². The van der Waals surface area contributed by atoms with E-state index >= 15 is 0 Å². The minimum Gasteiger partial charge on any atom is -0.345 e. The third-order valence-electron chi connectivity index (χ3n) is 3.59. The molecule has 0 unspecified atom stereocenters. The van der Waals surface area contributed by atoms with Gasteiger partial charge in [0, 0.05) is 24.8 Å². The molecular formula is C16H12N4OS. The highest BCUT2D eigenvalue weighted by Gasteiger charge is 2.12. The van der Waals surface area contributed by atoms with Crippen molar-refractivity contribution in [1.29, 1.82) is 0 Å². The van der Waals surface area contributed by atoms with Crippen molar-refractivity contribution in [3.05, 3.63) is 59.2 Å². The van der Waals surface area contributed by atoms with Crippen molar-refractivity contribution < 1.29 is 4.79 Å². The summed E-state index contributed by atoms with van der Waals surface area (Å²) >= 11 is 1.50. The van der Waals surface area contributed by atoms with Crippen LogP contribution in [0.4, 0.5) is 0 Å². The van der Waals surface area contributed by atoms with E-state index in [4.69, 9.17) is 0 Å². The molecule has 0 saturated carbocycles. The standard InChI is InChI=1S/C16H12N4OS/c1-20-12-6-2-3-7-13(12)22-16(20)19-15(21)11-9-18-14-10(11)5-4-8-17-14/h2-9H,1H3,(H,17,18). The Labute approximate surface area is 129 Å². The first-order chi connectivity index (χ1) is 10.7. The van der Waals surface area contributed by atoms with E-state index in [1.165, 1.54) is 11.3 Å². The summed E-state index contributed by atoms with van der Waals surface area (Å²) in [6.45, 7) is 0. The third kappa shape index (κ3) is 1.96. The number of aromatic amines is 1. The van der Waals surface area contributed by atoms with Crippen LogP contribution in [-0.4, -0.2) is 20.4 Å². The Balaban J connectivity index is 1.87. The first kappa shape index (κ1) is 13.0. The van der Waals surface area contributed by atoms with Crippen LogP contribution in [0.1, 0.15) is 10.4 Å². The average Bonchev–Trinajstić information content (AvgIpc) is 3.10. The second-order valence-electron chi connectivity index (χ2n) is 4.93. The van der Waals surface area contributed by atoms with Gasteiger partial charge >= 0.3 is 0 Å². The average molecular weight is 308 g/mol. The van der Waals surface area contributed by atoms with E-state index in [1.54, 1.807) is 12.4 Å². The van der Waals surface area contributed by atoms with E-state index < -0.39 is 0 Å². The zero-order valence-corrected chi connectivity index (χ0v) is 12.6. The SMILES string of the molecule is Cn1c(=NC(=O)c2c[nH]c3ncccc23)sc2ccccc21. The quantitative estimate of drug-likeness (QED) is 0.587. The molecule has 3 aromatic heterocycles. The minimum atomic E-state index is -0.263. The van der Waals surface area contributed by atoms with Crippen LogP contribution in [0.25, 0.3) is 21.3 Å². The third-order valence-corrected chi connectivity index (χ3v) is 4.71. The Morgan fingerprint density at radius 2 is 2.14 bits per heavy atom. The van der Waals surface area contributed by atoms with Gasteiger partial charge in [0.1, 0.15) is 5.65 Å². The van der Waals surface area contributed by atoms with E-state index in [9.17, 15) is 4.79 Å². The zero-order chi connectivity index (χ0) is 15.1. The van der Waals surface area contributed by atoms with E-state index in [-0.39, 0.29) is 5.91 Å². The Kier molecular flexibility index (Phi) is 2.90. The number of nitrogens with zero attached hydrogens (tertiary/aromatic N) is 3. The van der Waals surface area contributed by atoms with Gasteiger partial charge in [0.2, 0.25) is 0 Å². The molecule has 0 aliphatic carbocycles. The van der Waals surface area contributed by atoms with E-state index in [0.717, 1.165) is 15.6 Å². The van der Waals surface area contributed by atoms with Gasteiger partial charge < -0.3 is 9.55 Å². The number of benzene rings is 1. The van der Waals surface area contributed by atoms with Crippen LogP contribution in [0.5, 0.6) is 0 Å². The molecule has 5 nitrogen and oxygen atoms in total. The number of aryl methyl sites for hydroxylation is 1. The van der Waals surface area contributed by atoms with Crippen molar-refractivity contribution in [3.63, 3.8) is 0 Å². The van der Waals surface area contributed by atoms with Gasteiger partial charge in [0.15, 0.2) is 4.80 Å². The number of nitrogens with one attached hydrogen (secondary N) is 1. The summed E-state index contributed by atoms with van der Waals surface area (Å²) in [5, 5.41) is 0.792. The number of H-pyrrole nitrogens is 1. The van der Waals surface area contributed by atoms with Crippen LogP contribution in [0.15, 0.2) is 53.8 Å². The van der Waals surface area contributed by atoms with Gasteiger partial charge in [0.25, 0.3) is 5.91 Å². The number of hydrogen-bond donors (Lipinski definition) is 1. The predicted octanol–water partition coefficient (Wildman–Crippen LogP) is 2.86. The van der Waals surface area contributed by atoms with Gasteiger partial charge in [-0.25, -0.2) is 4.98 Å². The number of thiazole rings is 1. The number of pyridine rings is 1. The lowest BCUT2D eigenvalue weighted by Gasteiger charge is -1.94. The van der Waals surface area contributed by atoms with Crippen LogP contribution in [0, 0.1) is 0 Å². The van der Waals surface area contributed by atoms with Gasteiger partial charge in [0.05, 0.1) is 15.8 Å². The van der Waals surface area contributed by atoms with Crippen molar-refractivity contribution in [1.82, 2.24) is 14.5 Å². The van der Waals surface area contributed by atoms with Crippen molar-refractivity contribution >= 4 is 38.5 Å². The summed E-state index contributed by atoms with van der Waals surface area (Å²) < 4.78 is 3.04. The number of aromatic nitrogens is 3. The van der Waals surface area contributed by atoms with Gasteiger partial charge in [-0.3, -0.25) is 4.79 Å². The molecule has 1 amide bonds. The van der Waals surface area contributed by atoms with Crippen molar-refractivity contribution in [2.45, 2.75) is 0 Å². The smallest absolute Gasteiger partial charge is 0.281 e. The molecule has 0 radical (unpaired) electrons. The molecule has 0 atom stereocenters. The Morgan fingerprint density at radius 1 is 1.27 bits per heavy atom. The van der Waals surface area contributed by atoms with Gasteiger partial charge in [-0.1, -0.05) is 23.5 Å². The Bertz CT molecular complexity index is 1070. The van der Waals surface area contributed by atoms with Crippen LogP contribution < -0.4 is 4.80 Å². The van der Waals surface area contributed by atoms with Gasteiger partial charge in [-0.2, -0.15) is 4.99 Å². The fourth-order valence-corrected chi connectivity index (χ4v) is 3.48. The molecule has 6 heteroatoms. The molecule has 0 aliphatic rings. The maximum absolute atomic E-state index is 12.5. The highest BCUT2D eigenvalue weighted by Crippen LogP contribution is 2.18. The summed E-state index contributed by atoms with van der Waals surface area (Å²) in [6, 6.07) is 11.7. The Morgan fingerprint density at radius 3 is 3.00 bits per heavy atom. The predicted molar refractivity (Wildman–Crippen MR) is 86.8 cm³/mol. The topological polar surface area (TPSA) is 63.0 Å². The largest absolute Gasteiger partial charge is 0.345 e. The van der Waals surface area contributed by atoms with E-state index in [2.05, 4.69) is 15.0 Å². The number of hydrogen-bond acceptors (Lipinski definition) is 3. The summed E-state index contributed by atoms with van der Waals surface area (Å²) in [4.78, 5) is 24.7. The summed E-state index contributed by atoms with van der Waals surface area (Å²) in [7, 11) is 1.92. The molecule has 108 valence electrons. The normalized spacial score (nSPS) is 12.3. The van der Waals surface area contributed by atoms with Crippen LogP contribution >= 0.6 is 11.3 Å². The second kappa shape index (κ2) is 4.92. The number of rotatable bonds is 1. The first-order valence-electron chi connectivity index (χ1n) is 6.80. The van der Waals surface area contributed by atoms with Crippen LogP contribution in [0.2, 0.25) is 0 Å². The molecule has 4 aromatic rings. The maximum Gasteiger partial charge on any atom is 0.281 e. The number of carbonyl (C=O) groups is 1. The molecule has 1 N–H and O–H groups in total. The number of amides is 1. The molecule has 0 fully saturated rings. The zero-order valence-electron chi connectivity index (χ0n) is 11.8. The highest BCUT2D eigenvalue weighted by atomic mass is 32.1. The fourth-order valence-electron chi connectivity index (χ4n) is 2.47. The van der Waals surface area contributed by atoms with Crippen molar-refractivity contribution in [3.8, 4) is 0 Å². The van der Waals surface area contributed by atoms with Crippen LogP contribution in [0.3, 0.4) is 0 Å². The monoisotopic (exact) mass is 308 g/mol. The molecule has 4 rings (SSSR count). The molecular weight excluding hydrogens is 296 g/mol. The maximum atomic E-state index is 12.5. The molecule has 1 aromatic carbocycles. The van der Waals surface area contributed by atoms with E-state index in [1.807, 2.05) is 48.0 Å². The molecule has 3 heterocycles. The molecule has 0 spiro atoms. The van der Waals surface area contributed by atoms with Gasteiger partial charge in [-0.15, -0.1) is 0 Å². The molecule has 0 aliphatic heterocycles. The lowest BCUT2D eigenvalue weighted by Crippen LogP contribution is -2.13. The minimum absolute atomic E-state index is 0.263. The van der Waals surface area contributed by atoms with Gasteiger partial charge in [-0.05, 0) is 24.3 Å². The van der Waals surface area contributed by atoms with Crippen LogP contribution in [-0.2, 0) is 7.05 Å². The lowest BCUT2D eigenvalue weighted by molar-refractivity contribution is 0.0999. The molecule has 22 heavy (non-hydrogen) atoms. The number of carbonyl (C=O) groups excluding carboxylic acids is 1. The molecule has 0 bridgehead atoms. The first-order valence-corrected chi connectivity index (χ1v) is 7.61. The van der Waals surface area contributed by atoms with Crippen molar-refractivity contribution in [2.75, 3.05) is 0 Å². The van der Waals surface area contributed by atoms with E-state index in [0.29, 0.717) is 16.0 Å². The summed E-state index contributed by atoms with van der Waals surface area (Å²) in [5.74, 6) is -0.263. The number of para-hydroxylation sites is 1. The fraction of sp³-hybridized carbons (Fsp3) is 0.0625. The Hall–Kier alpha value is -2.73. The lowest BCUT2D eigenvalue weighted by atomic mass is 10.2. The summed E-state index contributed by atoms with van der Waals surface area (Å²) in [6.07, 6.45) is 3.35. The summed E-state index contributed by atoms with van der Waals surface area (Å²) in [5.41, 5.74) is 2.31. The highest BCUT2D eigenvalue weighted by molar-refractivity contribution is 7.16.